The molecule has 186 valence electrons. The van der Waals surface area contributed by atoms with Crippen LogP contribution in [0.5, 0.6) is 0 Å². The first kappa shape index (κ1) is 23.0. The van der Waals surface area contributed by atoms with E-state index in [1.165, 1.54) is 30.5 Å². The molecule has 0 saturated heterocycles. The van der Waals surface area contributed by atoms with Crippen molar-refractivity contribution in [2.24, 2.45) is 0 Å². The predicted octanol–water partition coefficient (Wildman–Crippen LogP) is 5.28. The van der Waals surface area contributed by atoms with Crippen LogP contribution in [0.1, 0.15) is 77.6 Å². The summed E-state index contributed by atoms with van der Waals surface area (Å²) in [5.41, 5.74) is 3.97. The van der Waals surface area contributed by atoms with Crippen LogP contribution in [0.15, 0.2) is 61.2 Å². The van der Waals surface area contributed by atoms with E-state index in [1.54, 1.807) is 0 Å². The molecule has 0 aliphatic carbocycles. The van der Waals surface area contributed by atoms with Gasteiger partial charge in [-0.25, -0.2) is 0 Å². The number of rotatable bonds is 0. The molecule has 0 amide bonds. The van der Waals surface area contributed by atoms with E-state index >= 15 is 0 Å². The Kier molecular flexibility index (Phi) is 4.64. The van der Waals surface area contributed by atoms with Crippen molar-refractivity contribution >= 4 is 8.29 Å². The van der Waals surface area contributed by atoms with Crippen molar-refractivity contribution in [3.05, 3.63) is 95.6 Å². The van der Waals surface area contributed by atoms with E-state index in [9.17, 15) is 0 Å². The van der Waals surface area contributed by atoms with Crippen LogP contribution in [0.4, 0.5) is 0 Å². The van der Waals surface area contributed by atoms with E-state index in [0.29, 0.717) is 0 Å². The van der Waals surface area contributed by atoms with Crippen LogP contribution in [0.2, 0.25) is 0 Å². The van der Waals surface area contributed by atoms with Gasteiger partial charge in [-0.2, -0.15) is 0 Å². The summed E-state index contributed by atoms with van der Waals surface area (Å²) in [6.45, 7) is 18.6. The molecule has 6 rings (SSSR count). The summed E-state index contributed by atoms with van der Waals surface area (Å²) in [5, 5.41) is 0. The van der Waals surface area contributed by atoms with Gasteiger partial charge in [-0.1, -0.05) is 0 Å². The zero-order valence-electron chi connectivity index (χ0n) is 21.9. The molecule has 0 fully saturated rings. The number of hydrogen-bond donors (Lipinski definition) is 0. The first-order valence-corrected chi connectivity index (χ1v) is 14.6. The molecule has 4 aliphatic rings. The third-order valence-electron chi connectivity index (χ3n) is 8.25. The van der Waals surface area contributed by atoms with Gasteiger partial charge in [0.05, 0.1) is 0 Å². The van der Waals surface area contributed by atoms with Gasteiger partial charge in [0.1, 0.15) is 0 Å². The summed E-state index contributed by atoms with van der Waals surface area (Å²) < 4.78 is 2.84. The van der Waals surface area contributed by atoms with Crippen molar-refractivity contribution in [3.8, 4) is 0 Å². The van der Waals surface area contributed by atoms with E-state index in [-0.39, 0.29) is 22.2 Å². The van der Waals surface area contributed by atoms with E-state index in [4.69, 9.17) is 0 Å². The molecule has 0 atom stereocenters. The summed E-state index contributed by atoms with van der Waals surface area (Å²) in [7, 11) is 0. The van der Waals surface area contributed by atoms with E-state index < -0.39 is 17.6 Å². The summed E-state index contributed by atoms with van der Waals surface area (Å²) >= 11 is -0.470. The molecule has 0 unspecified atom stereocenters. The molecule has 6 bridgehead atoms. The van der Waals surface area contributed by atoms with E-state index in [2.05, 4.69) is 148 Å². The van der Waals surface area contributed by atoms with Crippen LogP contribution in [0, 0.1) is 12.1 Å². The van der Waals surface area contributed by atoms with Gasteiger partial charge >= 0.3 is 219 Å². The van der Waals surface area contributed by atoms with Gasteiger partial charge in [0, 0.05) is 0 Å². The summed E-state index contributed by atoms with van der Waals surface area (Å²) in [6.07, 6.45) is 9.12. The molecule has 4 nitrogen and oxygen atoms in total. The monoisotopic (exact) mass is 645 g/mol. The molecule has 2 aromatic rings. The van der Waals surface area contributed by atoms with Crippen molar-refractivity contribution in [2.45, 2.75) is 77.5 Å². The molecule has 0 radical (unpaired) electrons. The fraction of sp³-hybridized carbons (Fsp3) is 0.400. The van der Waals surface area contributed by atoms with Crippen LogP contribution in [-0.4, -0.2) is 33.6 Å². The maximum absolute atomic E-state index is 3.86. The van der Waals surface area contributed by atoms with Crippen molar-refractivity contribution in [1.82, 2.24) is 19.6 Å². The van der Waals surface area contributed by atoms with Gasteiger partial charge in [0.2, 0.25) is 0 Å². The Morgan fingerprint density at radius 3 is 1.34 bits per heavy atom. The first-order chi connectivity index (χ1) is 16.4. The Hall–Kier alpha value is -2.45. The van der Waals surface area contributed by atoms with Crippen LogP contribution in [-0.2, 0) is 34.1 Å². The van der Waals surface area contributed by atoms with Crippen molar-refractivity contribution < 1.29 is 17.6 Å². The third-order valence-corrected chi connectivity index (χ3v) is 11.5. The van der Waals surface area contributed by atoms with Gasteiger partial charge < -0.3 is 0 Å². The van der Waals surface area contributed by atoms with Crippen molar-refractivity contribution in [3.63, 3.8) is 0 Å². The van der Waals surface area contributed by atoms with Crippen molar-refractivity contribution in [1.29, 1.82) is 0 Å². The number of benzene rings is 2. The summed E-state index contributed by atoms with van der Waals surface area (Å²) in [6, 6.07) is 21.0. The SMILES string of the molecule is CC1(C)c2[c-]c(ccc2)C(C)(C)N2C=CN3[C]2=[Pt]=[C]2N(C=CN2C3(C)C)C(C)(C)c2[c-]c1ccc2. The molecule has 35 heavy (non-hydrogen) atoms. The quantitative estimate of drug-likeness (QED) is 0.362. The third kappa shape index (κ3) is 3.02. The molecular formula is C30H34N4Pt-2. The topological polar surface area (TPSA) is 13.0 Å². The van der Waals surface area contributed by atoms with Crippen LogP contribution < -0.4 is 0 Å². The molecule has 0 N–H and O–H groups in total. The Balaban J connectivity index is 1.69. The number of nitrogens with zero attached hydrogens (tertiary/aromatic N) is 4. The average Bonchev–Trinajstić information content (AvgIpc) is 3.45. The zero-order valence-corrected chi connectivity index (χ0v) is 24.2. The minimum atomic E-state index is -0.470. The summed E-state index contributed by atoms with van der Waals surface area (Å²) in [5.74, 6) is 0. The fourth-order valence-corrected chi connectivity index (χ4v) is 10.2. The minimum absolute atomic E-state index is 0.193. The van der Waals surface area contributed by atoms with E-state index in [1.807, 2.05) is 0 Å². The Labute approximate surface area is 218 Å². The molecule has 4 aliphatic heterocycles. The van der Waals surface area contributed by atoms with Gasteiger partial charge in [-0.05, 0) is 0 Å². The van der Waals surface area contributed by atoms with Gasteiger partial charge in [0.25, 0.3) is 0 Å². The summed E-state index contributed by atoms with van der Waals surface area (Å²) in [4.78, 5) is 9.99. The normalized spacial score (nSPS) is 24.5. The van der Waals surface area contributed by atoms with Crippen LogP contribution in [0.25, 0.3) is 0 Å². The Morgan fingerprint density at radius 2 is 0.914 bits per heavy atom. The molecule has 4 heterocycles. The standard InChI is InChI=1S/C30H34N4.Pt/c1-27(2)23-11-9-13-25(19-23)28(3,4)31-15-17-33(21-31)30(7,8)34-18-16-32(22-34)29(5,6)26-14-10-12-24(27)20-26;/h9-18H,1-8H3;/q-2;. The second-order valence-electron chi connectivity index (χ2n) is 11.8. The molecule has 2 aromatic carbocycles. The van der Waals surface area contributed by atoms with Crippen LogP contribution >= 0.6 is 0 Å². The maximum atomic E-state index is 3.86. The average molecular weight is 646 g/mol. The Morgan fingerprint density at radius 1 is 0.543 bits per heavy atom. The number of hydrogen-bond acceptors (Lipinski definition) is 4. The molecule has 0 spiro atoms. The molecule has 5 heteroatoms. The fourth-order valence-electron chi connectivity index (χ4n) is 5.43. The van der Waals surface area contributed by atoms with Crippen LogP contribution in [0.3, 0.4) is 0 Å². The first-order valence-electron chi connectivity index (χ1n) is 12.3. The second-order valence-corrected chi connectivity index (χ2v) is 14.4. The Bertz CT molecular complexity index is 1270. The van der Waals surface area contributed by atoms with Gasteiger partial charge in [-0.3, -0.25) is 0 Å². The van der Waals surface area contributed by atoms with Gasteiger partial charge in [-0.15, -0.1) is 0 Å². The second kappa shape index (κ2) is 7.07. The molecule has 0 aromatic heterocycles. The number of fused-ring (bicyclic) bond motifs is 4. The van der Waals surface area contributed by atoms with Crippen molar-refractivity contribution in [2.75, 3.05) is 0 Å². The molecule has 0 saturated carbocycles. The zero-order chi connectivity index (χ0) is 25.0. The van der Waals surface area contributed by atoms with E-state index in [0.717, 1.165) is 0 Å². The predicted molar refractivity (Wildman–Crippen MR) is 138 cm³/mol. The molecular weight excluding hydrogens is 611 g/mol. The van der Waals surface area contributed by atoms with Gasteiger partial charge in [0.15, 0.2) is 0 Å².